The van der Waals surface area contributed by atoms with Gasteiger partial charge in [0.1, 0.15) is 12.7 Å². The van der Waals surface area contributed by atoms with Gasteiger partial charge in [-0.1, -0.05) is 6.92 Å². The normalized spacial score (nSPS) is 21.3. The number of rotatable bonds is 3. The number of hydrogen-bond acceptors (Lipinski definition) is 4. The van der Waals surface area contributed by atoms with E-state index in [4.69, 9.17) is 0 Å². The van der Waals surface area contributed by atoms with Crippen LogP contribution >= 0.6 is 0 Å². The lowest BCUT2D eigenvalue weighted by molar-refractivity contribution is 0.239. The first-order valence-electron chi connectivity index (χ1n) is 7.60. The number of nitrogens with zero attached hydrogens (tertiary/aromatic N) is 4. The van der Waals surface area contributed by atoms with E-state index in [-0.39, 0.29) is 12.1 Å². The SMILES string of the molecule is CC1CCC(NC(=O)Nc2cccnc2-n2cncn2)CC1. The largest absolute Gasteiger partial charge is 0.335 e. The van der Waals surface area contributed by atoms with Crippen molar-refractivity contribution in [3.63, 3.8) is 0 Å². The zero-order valence-electron chi connectivity index (χ0n) is 12.6. The summed E-state index contributed by atoms with van der Waals surface area (Å²) in [5, 5.41) is 9.94. The molecule has 2 aromatic rings. The molecule has 1 fully saturated rings. The number of carbonyl (C=O) groups is 1. The molecule has 1 aliphatic carbocycles. The maximum absolute atomic E-state index is 12.2. The van der Waals surface area contributed by atoms with Crippen LogP contribution < -0.4 is 10.6 Å². The van der Waals surface area contributed by atoms with Crippen LogP contribution in [0, 0.1) is 5.92 Å². The third-order valence-corrected chi connectivity index (χ3v) is 4.02. The molecule has 2 N–H and O–H groups in total. The van der Waals surface area contributed by atoms with Crippen molar-refractivity contribution in [3.8, 4) is 5.82 Å². The molecule has 0 aliphatic heterocycles. The molecule has 22 heavy (non-hydrogen) atoms. The van der Waals surface area contributed by atoms with Crippen LogP contribution in [0.1, 0.15) is 32.6 Å². The minimum Gasteiger partial charge on any atom is -0.335 e. The molecule has 116 valence electrons. The van der Waals surface area contributed by atoms with Gasteiger partial charge in [-0.05, 0) is 43.7 Å². The zero-order chi connectivity index (χ0) is 15.4. The fourth-order valence-corrected chi connectivity index (χ4v) is 2.74. The standard InChI is InChI=1S/C15H20N6O/c1-11-4-6-12(7-5-11)19-15(22)20-13-3-2-8-17-14(13)21-10-16-9-18-21/h2-3,8-12H,4-7H2,1H3,(H2,19,20,22). The van der Waals surface area contributed by atoms with Gasteiger partial charge in [0.25, 0.3) is 0 Å². The highest BCUT2D eigenvalue weighted by Gasteiger charge is 2.20. The number of nitrogens with one attached hydrogen (secondary N) is 2. The first-order chi connectivity index (χ1) is 10.7. The van der Waals surface area contributed by atoms with Gasteiger partial charge in [0.05, 0.1) is 5.69 Å². The molecule has 0 unspecified atom stereocenters. The predicted molar refractivity (Wildman–Crippen MR) is 82.7 cm³/mol. The number of carbonyl (C=O) groups excluding carboxylic acids is 1. The highest BCUT2D eigenvalue weighted by atomic mass is 16.2. The van der Waals surface area contributed by atoms with Gasteiger partial charge in [-0.3, -0.25) is 0 Å². The first-order valence-corrected chi connectivity index (χ1v) is 7.60. The molecule has 0 aromatic carbocycles. The second kappa shape index (κ2) is 6.55. The van der Waals surface area contributed by atoms with Crippen LogP contribution in [0.5, 0.6) is 0 Å². The number of anilines is 1. The molecule has 7 heteroatoms. The Hall–Kier alpha value is -2.44. The van der Waals surface area contributed by atoms with Crippen LogP contribution in [0.2, 0.25) is 0 Å². The van der Waals surface area contributed by atoms with Crippen molar-refractivity contribution in [3.05, 3.63) is 31.0 Å². The van der Waals surface area contributed by atoms with Gasteiger partial charge < -0.3 is 10.6 Å². The van der Waals surface area contributed by atoms with Crippen LogP contribution in [0.3, 0.4) is 0 Å². The molecule has 1 aliphatic rings. The maximum atomic E-state index is 12.2. The van der Waals surface area contributed by atoms with Crippen molar-refractivity contribution < 1.29 is 4.79 Å². The van der Waals surface area contributed by atoms with Gasteiger partial charge in [0.2, 0.25) is 0 Å². The predicted octanol–water partition coefficient (Wildman–Crippen LogP) is 2.36. The van der Waals surface area contributed by atoms with Gasteiger partial charge in [-0.15, -0.1) is 0 Å². The Morgan fingerprint density at radius 3 is 2.86 bits per heavy atom. The summed E-state index contributed by atoms with van der Waals surface area (Å²) in [6.07, 6.45) is 9.05. The van der Waals surface area contributed by atoms with Crippen molar-refractivity contribution in [2.45, 2.75) is 38.6 Å². The lowest BCUT2D eigenvalue weighted by Gasteiger charge is -2.27. The van der Waals surface area contributed by atoms with Gasteiger partial charge in [-0.25, -0.2) is 19.4 Å². The van der Waals surface area contributed by atoms with Gasteiger partial charge >= 0.3 is 6.03 Å². The Morgan fingerprint density at radius 1 is 1.32 bits per heavy atom. The Morgan fingerprint density at radius 2 is 2.14 bits per heavy atom. The quantitative estimate of drug-likeness (QED) is 0.911. The van der Waals surface area contributed by atoms with Crippen molar-refractivity contribution in [2.75, 3.05) is 5.32 Å². The highest BCUT2D eigenvalue weighted by Crippen LogP contribution is 2.23. The van der Waals surface area contributed by atoms with Crippen molar-refractivity contribution in [1.82, 2.24) is 25.1 Å². The van der Waals surface area contributed by atoms with Crippen LogP contribution in [-0.4, -0.2) is 31.8 Å². The van der Waals surface area contributed by atoms with E-state index in [1.165, 1.54) is 23.9 Å². The average molecular weight is 300 g/mol. The average Bonchev–Trinajstić information content (AvgIpc) is 3.04. The molecule has 0 saturated heterocycles. The van der Waals surface area contributed by atoms with Crippen molar-refractivity contribution in [2.24, 2.45) is 5.92 Å². The summed E-state index contributed by atoms with van der Waals surface area (Å²) in [4.78, 5) is 20.3. The van der Waals surface area contributed by atoms with Crippen LogP contribution in [0.15, 0.2) is 31.0 Å². The van der Waals surface area contributed by atoms with E-state index in [2.05, 4.69) is 32.6 Å². The highest BCUT2D eigenvalue weighted by molar-refractivity contribution is 5.91. The molecule has 7 nitrogen and oxygen atoms in total. The molecule has 0 bridgehead atoms. The Kier molecular flexibility index (Phi) is 4.32. The number of amides is 2. The lowest BCUT2D eigenvalue weighted by Crippen LogP contribution is -2.40. The second-order valence-corrected chi connectivity index (χ2v) is 5.77. The lowest BCUT2D eigenvalue weighted by atomic mass is 9.87. The van der Waals surface area contributed by atoms with E-state index in [0.717, 1.165) is 18.8 Å². The first kappa shape index (κ1) is 14.5. The Labute approximate surface area is 129 Å². The molecule has 0 atom stereocenters. The molecule has 1 saturated carbocycles. The monoisotopic (exact) mass is 300 g/mol. The summed E-state index contributed by atoms with van der Waals surface area (Å²) in [7, 11) is 0. The van der Waals surface area contributed by atoms with Crippen LogP contribution in [-0.2, 0) is 0 Å². The summed E-state index contributed by atoms with van der Waals surface area (Å²) in [5.74, 6) is 1.31. The topological polar surface area (TPSA) is 84.7 Å². The summed E-state index contributed by atoms with van der Waals surface area (Å²) >= 11 is 0. The molecule has 3 rings (SSSR count). The summed E-state index contributed by atoms with van der Waals surface area (Å²) in [6, 6.07) is 3.63. The third-order valence-electron chi connectivity index (χ3n) is 4.02. The summed E-state index contributed by atoms with van der Waals surface area (Å²) < 4.78 is 1.53. The number of pyridine rings is 1. The number of aromatic nitrogens is 4. The molecule has 0 radical (unpaired) electrons. The second-order valence-electron chi connectivity index (χ2n) is 5.77. The fourth-order valence-electron chi connectivity index (χ4n) is 2.74. The molecule has 2 amide bonds. The van der Waals surface area contributed by atoms with E-state index < -0.39 is 0 Å². The van der Waals surface area contributed by atoms with Crippen LogP contribution in [0.4, 0.5) is 10.5 Å². The number of hydrogen-bond donors (Lipinski definition) is 2. The minimum absolute atomic E-state index is 0.200. The Balaban J connectivity index is 1.65. The zero-order valence-corrected chi connectivity index (χ0v) is 12.6. The van der Waals surface area contributed by atoms with E-state index in [0.29, 0.717) is 11.5 Å². The third kappa shape index (κ3) is 3.41. The van der Waals surface area contributed by atoms with Crippen LogP contribution in [0.25, 0.3) is 5.82 Å². The van der Waals surface area contributed by atoms with Gasteiger partial charge in [0.15, 0.2) is 5.82 Å². The minimum atomic E-state index is -0.200. The smallest absolute Gasteiger partial charge is 0.319 e. The molecule has 0 spiro atoms. The summed E-state index contributed by atoms with van der Waals surface area (Å²) in [5.41, 5.74) is 0.606. The van der Waals surface area contributed by atoms with Crippen molar-refractivity contribution >= 4 is 11.7 Å². The van der Waals surface area contributed by atoms with Gasteiger partial charge in [-0.2, -0.15) is 5.10 Å². The van der Waals surface area contributed by atoms with Crippen molar-refractivity contribution in [1.29, 1.82) is 0 Å². The molecule has 2 aromatic heterocycles. The molecular formula is C15H20N6O. The number of urea groups is 1. The molecular weight excluding hydrogens is 280 g/mol. The van der Waals surface area contributed by atoms with E-state index in [1.807, 2.05) is 0 Å². The molecule has 2 heterocycles. The van der Waals surface area contributed by atoms with E-state index in [9.17, 15) is 4.79 Å². The summed E-state index contributed by atoms with van der Waals surface area (Å²) in [6.45, 7) is 2.26. The fraction of sp³-hybridized carbons (Fsp3) is 0.467. The Bertz CT molecular complexity index is 619. The van der Waals surface area contributed by atoms with E-state index >= 15 is 0 Å². The van der Waals surface area contributed by atoms with Gasteiger partial charge in [0, 0.05) is 12.2 Å². The maximum Gasteiger partial charge on any atom is 0.319 e. The van der Waals surface area contributed by atoms with E-state index in [1.54, 1.807) is 24.7 Å².